The van der Waals surface area contributed by atoms with Gasteiger partial charge in [0.15, 0.2) is 0 Å². The lowest BCUT2D eigenvalue weighted by Crippen LogP contribution is -2.43. The molecule has 0 saturated heterocycles. The number of nitrogens with zero attached hydrogens (tertiary/aromatic N) is 4. The first-order valence-electron chi connectivity index (χ1n) is 12.4. The van der Waals surface area contributed by atoms with E-state index in [0.29, 0.717) is 42.5 Å². The minimum Gasteiger partial charge on any atom is -0.495 e. The number of benzene rings is 1. The summed E-state index contributed by atoms with van der Waals surface area (Å²) in [6.45, 7) is 1.19. The second-order valence-electron chi connectivity index (χ2n) is 9.80. The number of anilines is 2. The molecule has 2 N–H and O–H groups in total. The highest BCUT2D eigenvalue weighted by Gasteiger charge is 2.33. The van der Waals surface area contributed by atoms with Crippen molar-refractivity contribution in [3.05, 3.63) is 39.1 Å². The molecule has 0 spiro atoms. The van der Waals surface area contributed by atoms with Gasteiger partial charge >= 0.3 is 0 Å². The second-order valence-corrected chi connectivity index (χ2v) is 13.1. The van der Waals surface area contributed by atoms with Crippen LogP contribution in [0.15, 0.2) is 22.8 Å². The fourth-order valence-electron chi connectivity index (χ4n) is 4.61. The molecule has 0 bridgehead atoms. The van der Waals surface area contributed by atoms with Crippen molar-refractivity contribution in [3.8, 4) is 5.75 Å². The minimum atomic E-state index is -3.30. The van der Waals surface area contributed by atoms with Crippen LogP contribution in [0.3, 0.4) is 0 Å². The Bertz CT molecular complexity index is 1250. The van der Waals surface area contributed by atoms with Gasteiger partial charge in [0.1, 0.15) is 5.75 Å². The van der Waals surface area contributed by atoms with Gasteiger partial charge in [0.05, 0.1) is 39.8 Å². The van der Waals surface area contributed by atoms with E-state index in [4.69, 9.17) is 21.3 Å². The Morgan fingerprint density at radius 3 is 2.61 bits per heavy atom. The summed E-state index contributed by atoms with van der Waals surface area (Å²) in [5, 5.41) is 6.27. The van der Waals surface area contributed by atoms with E-state index in [2.05, 4.69) is 31.5 Å². The molecule has 0 aliphatic heterocycles. The third-order valence-corrected chi connectivity index (χ3v) is 9.05. The summed E-state index contributed by atoms with van der Waals surface area (Å²) in [5.74, 6) is 0.605. The molecule has 1 fully saturated rings. The van der Waals surface area contributed by atoms with Crippen LogP contribution < -0.4 is 15.4 Å². The molecule has 0 radical (unpaired) electrons. The van der Waals surface area contributed by atoms with E-state index in [-0.39, 0.29) is 22.9 Å². The average Bonchev–Trinajstić information content (AvgIpc) is 2.85. The Morgan fingerprint density at radius 2 is 1.95 bits per heavy atom. The maximum atomic E-state index is 12.6. The summed E-state index contributed by atoms with van der Waals surface area (Å²) in [5.41, 5.74) is 1.61. The molecule has 10 nitrogen and oxygen atoms in total. The molecular weight excluding hydrogens is 596 g/mol. The standard InChI is InChI=1S/C25H36BrClN6O4S/c1-32(2)11-10-28-24(34)17-13-23(37-4)21(14-19(17)27)31-25-29-15-18(26)20(30-25)12-16-8-6-7-9-22(16)33(3)38(5,35)36/h13-16,22H,6-12H2,1-5H3,(H,28,34)(H,29,30,31)/t16-,22+/m0/s1. The summed E-state index contributed by atoms with van der Waals surface area (Å²) < 4.78 is 32.2. The molecule has 1 saturated carbocycles. The molecular formula is C25H36BrClN6O4S. The van der Waals surface area contributed by atoms with Crippen LogP contribution >= 0.6 is 27.5 Å². The van der Waals surface area contributed by atoms with Gasteiger partial charge in [-0.1, -0.05) is 24.4 Å². The predicted octanol–water partition coefficient (Wildman–Crippen LogP) is 3.93. The van der Waals surface area contributed by atoms with Crippen LogP contribution in [0.25, 0.3) is 0 Å². The molecule has 1 aliphatic carbocycles. The number of carbonyl (C=O) groups excluding carboxylic acids is 1. The van der Waals surface area contributed by atoms with Gasteiger partial charge in [-0.25, -0.2) is 22.7 Å². The monoisotopic (exact) mass is 630 g/mol. The summed E-state index contributed by atoms with van der Waals surface area (Å²) in [6.07, 6.45) is 7.33. The zero-order chi connectivity index (χ0) is 28.0. The van der Waals surface area contributed by atoms with E-state index in [9.17, 15) is 13.2 Å². The van der Waals surface area contributed by atoms with Gasteiger partial charge in [0.2, 0.25) is 16.0 Å². The molecule has 13 heteroatoms. The number of nitrogens with one attached hydrogen (secondary N) is 2. The highest BCUT2D eigenvalue weighted by Crippen LogP contribution is 2.35. The van der Waals surface area contributed by atoms with Crippen LogP contribution in [-0.2, 0) is 16.4 Å². The highest BCUT2D eigenvalue weighted by molar-refractivity contribution is 9.10. The van der Waals surface area contributed by atoms with Crippen molar-refractivity contribution in [2.45, 2.75) is 38.1 Å². The van der Waals surface area contributed by atoms with Crippen molar-refractivity contribution in [2.24, 2.45) is 5.92 Å². The molecule has 210 valence electrons. The molecule has 2 aromatic rings. The molecule has 2 atom stereocenters. The van der Waals surface area contributed by atoms with Gasteiger partial charge in [-0.2, -0.15) is 0 Å². The van der Waals surface area contributed by atoms with Gasteiger partial charge < -0.3 is 20.3 Å². The third kappa shape index (κ3) is 8.01. The first-order chi connectivity index (χ1) is 17.9. The van der Waals surface area contributed by atoms with Gasteiger partial charge in [-0.3, -0.25) is 4.79 Å². The lowest BCUT2D eigenvalue weighted by molar-refractivity contribution is 0.0951. The van der Waals surface area contributed by atoms with Gasteiger partial charge in [-0.15, -0.1) is 0 Å². The van der Waals surface area contributed by atoms with Crippen LogP contribution in [0.1, 0.15) is 41.7 Å². The minimum absolute atomic E-state index is 0.0765. The van der Waals surface area contributed by atoms with Crippen LogP contribution in [0.4, 0.5) is 11.6 Å². The number of likely N-dealkylation sites (N-methyl/N-ethyl adjacent to an activating group) is 1. The fourth-order valence-corrected chi connectivity index (χ4v) is 5.98. The molecule has 3 rings (SSSR count). The first kappa shape index (κ1) is 30.6. The number of methoxy groups -OCH3 is 1. The zero-order valence-corrected chi connectivity index (χ0v) is 25.6. The normalized spacial score (nSPS) is 18.0. The van der Waals surface area contributed by atoms with E-state index in [1.165, 1.54) is 17.7 Å². The smallest absolute Gasteiger partial charge is 0.252 e. The highest BCUT2D eigenvalue weighted by atomic mass is 79.9. The SMILES string of the molecule is COc1cc(C(=O)NCCN(C)C)c(Cl)cc1Nc1ncc(Br)c(C[C@@H]2CCCC[C@H]2N(C)S(C)(=O)=O)n1. The Kier molecular flexibility index (Phi) is 10.8. The Hall–Kier alpha value is -1.99. The topological polar surface area (TPSA) is 117 Å². The molecule has 1 amide bonds. The Labute approximate surface area is 238 Å². The van der Waals surface area contributed by atoms with Gasteiger partial charge in [0, 0.05) is 32.4 Å². The van der Waals surface area contributed by atoms with Crippen molar-refractivity contribution in [2.75, 3.05) is 52.9 Å². The summed E-state index contributed by atoms with van der Waals surface area (Å²) in [4.78, 5) is 23.7. The van der Waals surface area contributed by atoms with Crippen molar-refractivity contribution in [1.82, 2.24) is 24.5 Å². The number of ether oxygens (including phenoxy) is 1. The maximum absolute atomic E-state index is 12.6. The van der Waals surface area contributed by atoms with E-state index < -0.39 is 10.0 Å². The van der Waals surface area contributed by atoms with Crippen molar-refractivity contribution in [1.29, 1.82) is 0 Å². The number of amides is 1. The van der Waals surface area contributed by atoms with Crippen LogP contribution in [0.2, 0.25) is 5.02 Å². The Morgan fingerprint density at radius 1 is 1.24 bits per heavy atom. The number of rotatable bonds is 11. The molecule has 1 aliphatic rings. The van der Waals surface area contributed by atoms with E-state index >= 15 is 0 Å². The van der Waals surface area contributed by atoms with E-state index in [1.54, 1.807) is 25.4 Å². The predicted molar refractivity (Wildman–Crippen MR) is 154 cm³/mol. The Balaban J connectivity index is 1.81. The third-order valence-electron chi connectivity index (χ3n) is 6.76. The fraction of sp³-hybridized carbons (Fsp3) is 0.560. The maximum Gasteiger partial charge on any atom is 0.252 e. The summed E-state index contributed by atoms with van der Waals surface area (Å²) >= 11 is 10.0. The van der Waals surface area contributed by atoms with Crippen molar-refractivity contribution >= 4 is 55.1 Å². The number of hydrogen-bond donors (Lipinski definition) is 2. The molecule has 0 unspecified atom stereocenters. The first-order valence-corrected chi connectivity index (χ1v) is 15.4. The molecule has 1 aromatic carbocycles. The van der Waals surface area contributed by atoms with Crippen molar-refractivity contribution < 1.29 is 17.9 Å². The van der Waals surface area contributed by atoms with Crippen LogP contribution in [-0.4, -0.2) is 87.1 Å². The van der Waals surface area contributed by atoms with Gasteiger partial charge in [-0.05, 0) is 67.3 Å². The van der Waals surface area contributed by atoms with Crippen molar-refractivity contribution in [3.63, 3.8) is 0 Å². The number of carbonyl (C=O) groups is 1. The zero-order valence-electron chi connectivity index (χ0n) is 22.4. The van der Waals surface area contributed by atoms with Crippen LogP contribution in [0, 0.1) is 5.92 Å². The van der Waals surface area contributed by atoms with Crippen LogP contribution in [0.5, 0.6) is 5.75 Å². The molecule has 1 heterocycles. The summed E-state index contributed by atoms with van der Waals surface area (Å²) in [6, 6.07) is 3.13. The number of aromatic nitrogens is 2. The average molecular weight is 632 g/mol. The largest absolute Gasteiger partial charge is 0.495 e. The van der Waals surface area contributed by atoms with E-state index in [1.807, 2.05) is 19.0 Å². The lowest BCUT2D eigenvalue weighted by atomic mass is 9.81. The number of hydrogen-bond acceptors (Lipinski definition) is 8. The summed E-state index contributed by atoms with van der Waals surface area (Å²) in [7, 11) is 3.73. The second kappa shape index (κ2) is 13.4. The molecule has 38 heavy (non-hydrogen) atoms. The lowest BCUT2D eigenvalue weighted by Gasteiger charge is -2.36. The van der Waals surface area contributed by atoms with Gasteiger partial charge in [0.25, 0.3) is 5.91 Å². The number of sulfonamides is 1. The molecule has 1 aromatic heterocycles. The van der Waals surface area contributed by atoms with E-state index in [0.717, 1.165) is 35.8 Å². The quantitative estimate of drug-likeness (QED) is 0.383. The number of halogens is 2.